The second kappa shape index (κ2) is 12.9. The van der Waals surface area contributed by atoms with E-state index in [2.05, 4.69) is 48.5 Å². The monoisotopic (exact) mass is 603 g/mol. The van der Waals surface area contributed by atoms with E-state index in [9.17, 15) is 0 Å². The van der Waals surface area contributed by atoms with Crippen molar-refractivity contribution in [3.8, 4) is 45.4 Å². The first-order valence-corrected chi connectivity index (χ1v) is 15.4. The zero-order valence-electron chi connectivity index (χ0n) is 24.6. The zero-order valence-corrected chi connectivity index (χ0v) is 25.4. The Bertz CT molecular complexity index is 2090. The molecule has 0 unspecified atom stereocenters. The fourth-order valence-corrected chi connectivity index (χ4v) is 5.89. The lowest BCUT2D eigenvalue weighted by atomic mass is 10.0. The number of para-hydroxylation sites is 1. The molecule has 0 saturated heterocycles. The molecule has 0 atom stereocenters. The van der Waals surface area contributed by atoms with E-state index in [1.165, 1.54) is 0 Å². The quantitative estimate of drug-likeness (QED) is 0.154. The van der Waals surface area contributed by atoms with Crippen LogP contribution in [0.15, 0.2) is 168 Å². The largest absolute Gasteiger partial charge is 0.495 e. The van der Waals surface area contributed by atoms with Crippen molar-refractivity contribution in [3.63, 3.8) is 0 Å². The van der Waals surface area contributed by atoms with Gasteiger partial charge in [0.25, 0.3) is 6.20 Å². The van der Waals surface area contributed by atoms with Gasteiger partial charge in [0, 0.05) is 27.6 Å². The second-order valence-corrected chi connectivity index (χ2v) is 11.6. The molecule has 6 heteroatoms. The number of nitrogens with zero attached hydrogens (tertiary/aromatic N) is 3. The molecule has 216 valence electrons. The predicted octanol–water partition coefficient (Wildman–Crippen LogP) is 10.1. The van der Waals surface area contributed by atoms with Gasteiger partial charge in [-0.1, -0.05) is 81.6 Å². The number of pyridine rings is 1. The summed E-state index contributed by atoms with van der Waals surface area (Å²) < 4.78 is 16.4. The van der Waals surface area contributed by atoms with Crippen molar-refractivity contribution in [1.82, 2.24) is 4.98 Å². The van der Waals surface area contributed by atoms with Crippen molar-refractivity contribution in [3.05, 3.63) is 158 Å². The Labute approximate surface area is 266 Å². The summed E-state index contributed by atoms with van der Waals surface area (Å²) in [5.74, 6) is 3.06. The van der Waals surface area contributed by atoms with Gasteiger partial charge < -0.3 is 9.47 Å². The van der Waals surface area contributed by atoms with E-state index in [1.54, 1.807) is 11.8 Å². The minimum Gasteiger partial charge on any atom is -0.457 e. The summed E-state index contributed by atoms with van der Waals surface area (Å²) in [6.07, 6.45) is 5.79. The highest BCUT2D eigenvalue weighted by Crippen LogP contribution is 2.37. The minimum atomic E-state index is 0.729. The van der Waals surface area contributed by atoms with Crippen molar-refractivity contribution in [2.45, 2.75) is 9.79 Å². The average molecular weight is 604 g/mol. The molecule has 1 aliphatic heterocycles. The summed E-state index contributed by atoms with van der Waals surface area (Å²) in [6, 6.07) is 49.9. The van der Waals surface area contributed by atoms with E-state index in [1.807, 2.05) is 132 Å². The van der Waals surface area contributed by atoms with E-state index in [0.29, 0.717) is 0 Å². The molecule has 0 N–H and O–H groups in total. The van der Waals surface area contributed by atoms with Crippen molar-refractivity contribution in [2.24, 2.45) is 0 Å². The molecule has 0 bridgehead atoms. The topological polar surface area (TPSA) is 37.4 Å². The second-order valence-electron chi connectivity index (χ2n) is 10.5. The van der Waals surface area contributed by atoms with Crippen molar-refractivity contribution >= 4 is 23.5 Å². The van der Waals surface area contributed by atoms with E-state index in [-0.39, 0.29) is 0 Å². The highest BCUT2D eigenvalue weighted by atomic mass is 32.2. The molecule has 5 aromatic carbocycles. The standard InChI is InChI=1S/C39H29N3O2S/c1-41-20-21-42(28-41)32-25-36(27-38(26-32)45-37-16-6-3-7-17-37)44-35-15-9-11-31(23-35)39-24-30(18-19-40-39)29-10-8-14-34(22-29)43-33-12-4-2-5-13-33/h2-27H,1H3/q+2. The summed E-state index contributed by atoms with van der Waals surface area (Å²) in [6.45, 7) is 0. The molecule has 0 fully saturated rings. The normalized spacial score (nSPS) is 12.0. The van der Waals surface area contributed by atoms with Crippen LogP contribution in [-0.2, 0) is 0 Å². The highest BCUT2D eigenvalue weighted by Gasteiger charge is 2.19. The van der Waals surface area contributed by atoms with Crippen LogP contribution in [0.2, 0.25) is 0 Å². The van der Waals surface area contributed by atoms with Crippen LogP contribution in [0.3, 0.4) is 0 Å². The van der Waals surface area contributed by atoms with E-state index in [0.717, 1.165) is 60.9 Å². The third kappa shape index (κ3) is 6.94. The number of aromatic nitrogens is 1. The van der Waals surface area contributed by atoms with Gasteiger partial charge in [0.15, 0.2) is 7.05 Å². The predicted molar refractivity (Wildman–Crippen MR) is 179 cm³/mol. The Hall–Kier alpha value is -5.68. The number of hydrogen-bond acceptors (Lipinski definition) is 4. The maximum atomic E-state index is 6.48. The number of ether oxygens (including phenoxy) is 2. The molecule has 0 radical (unpaired) electrons. The molecule has 0 saturated carbocycles. The molecule has 6 aromatic rings. The van der Waals surface area contributed by atoms with E-state index >= 15 is 0 Å². The molecule has 0 aliphatic carbocycles. The Morgan fingerprint density at radius 3 is 1.98 bits per heavy atom. The van der Waals surface area contributed by atoms with Crippen LogP contribution in [0.1, 0.15) is 0 Å². The Balaban J connectivity index is 1.16. The van der Waals surface area contributed by atoms with Gasteiger partial charge in [0.2, 0.25) is 11.9 Å². The third-order valence-corrected chi connectivity index (χ3v) is 8.08. The first kappa shape index (κ1) is 28.1. The first-order chi connectivity index (χ1) is 22.1. The Morgan fingerprint density at radius 2 is 1.22 bits per heavy atom. The fourth-order valence-electron chi connectivity index (χ4n) is 4.97. The van der Waals surface area contributed by atoms with Gasteiger partial charge in [0.05, 0.1) is 11.8 Å². The molecule has 7 rings (SSSR count). The number of hydrogen-bond donors (Lipinski definition) is 0. The molecule has 1 aromatic heterocycles. The van der Waals surface area contributed by atoms with Crippen LogP contribution in [0.4, 0.5) is 5.69 Å². The average Bonchev–Trinajstić information content (AvgIpc) is 3.52. The molecule has 0 amide bonds. The van der Waals surface area contributed by atoms with Crippen LogP contribution in [0.5, 0.6) is 23.0 Å². The van der Waals surface area contributed by atoms with Crippen LogP contribution in [0, 0.1) is 0 Å². The maximum absolute atomic E-state index is 6.48. The van der Waals surface area contributed by atoms with Crippen LogP contribution < -0.4 is 9.47 Å². The van der Waals surface area contributed by atoms with E-state index in [4.69, 9.17) is 14.5 Å². The van der Waals surface area contributed by atoms with Crippen LogP contribution in [-0.4, -0.2) is 27.2 Å². The molecular weight excluding hydrogens is 575 g/mol. The fraction of sp³-hybridized carbons (Fsp3) is 0.0256. The van der Waals surface area contributed by atoms with Crippen LogP contribution in [0.25, 0.3) is 22.4 Å². The first-order valence-electron chi connectivity index (χ1n) is 14.6. The van der Waals surface area contributed by atoms with E-state index < -0.39 is 0 Å². The highest BCUT2D eigenvalue weighted by molar-refractivity contribution is 7.99. The summed E-state index contributed by atoms with van der Waals surface area (Å²) >= 11 is 1.70. The van der Waals surface area contributed by atoms with Gasteiger partial charge in [-0.2, -0.15) is 0 Å². The molecule has 5 nitrogen and oxygen atoms in total. The number of rotatable bonds is 9. The SMILES string of the molecule is C[N+]1=C=[N+](c2cc(Oc3cccc(-c4cc(-c5cccc(Oc6ccccc6)c5)ccn4)c3)cc(Sc3ccccc3)c2)C=C1. The van der Waals surface area contributed by atoms with Gasteiger partial charge in [-0.05, 0) is 77.9 Å². The lowest BCUT2D eigenvalue weighted by Crippen LogP contribution is -1.95. The molecule has 1 aliphatic rings. The van der Waals surface area contributed by atoms with Gasteiger partial charge >= 0.3 is 6.01 Å². The maximum Gasteiger partial charge on any atom is 0.495 e. The van der Waals surface area contributed by atoms with Crippen molar-refractivity contribution < 1.29 is 18.6 Å². The smallest absolute Gasteiger partial charge is 0.457 e. The third-order valence-electron chi connectivity index (χ3n) is 7.10. The lowest BCUT2D eigenvalue weighted by Gasteiger charge is -2.11. The van der Waals surface area contributed by atoms with Gasteiger partial charge in [-0.25, -0.2) is 0 Å². The summed E-state index contributed by atoms with van der Waals surface area (Å²) in [4.78, 5) is 6.92. The molecule has 45 heavy (non-hydrogen) atoms. The Morgan fingerprint density at radius 1 is 0.556 bits per heavy atom. The van der Waals surface area contributed by atoms with Crippen molar-refractivity contribution in [1.29, 1.82) is 0 Å². The van der Waals surface area contributed by atoms with Crippen molar-refractivity contribution in [2.75, 3.05) is 7.05 Å². The molecule has 2 heterocycles. The van der Waals surface area contributed by atoms with Gasteiger partial charge in [0.1, 0.15) is 23.0 Å². The summed E-state index contributed by atoms with van der Waals surface area (Å²) in [7, 11) is 1.96. The molecule has 0 spiro atoms. The number of benzene rings is 5. The molecular formula is C39H29N3O2S+2. The lowest BCUT2D eigenvalue weighted by molar-refractivity contribution is -0.429. The Kier molecular flexibility index (Phi) is 8.06. The summed E-state index contributed by atoms with van der Waals surface area (Å²) in [5, 5.41) is 0. The van der Waals surface area contributed by atoms with Gasteiger partial charge in [-0.15, -0.1) is 0 Å². The van der Waals surface area contributed by atoms with Gasteiger partial charge in [-0.3, -0.25) is 4.98 Å². The minimum absolute atomic E-state index is 0.729. The zero-order chi connectivity index (χ0) is 30.4. The van der Waals surface area contributed by atoms with Crippen LogP contribution >= 0.6 is 11.8 Å². The summed E-state index contributed by atoms with van der Waals surface area (Å²) in [5.41, 5.74) is 4.89.